The second-order valence-corrected chi connectivity index (χ2v) is 2.94. The summed E-state index contributed by atoms with van der Waals surface area (Å²) in [5.74, 6) is 0. The Hall–Kier alpha value is -0.890. The maximum Gasteiger partial charge on any atom is 0.222 e. The van der Waals surface area contributed by atoms with Gasteiger partial charge in [0.2, 0.25) is 3.79 Å². The molecule has 1 rings (SSSR count). The van der Waals surface area contributed by atoms with Crippen molar-refractivity contribution in [2.45, 2.75) is 0 Å². The molecule has 0 aliphatic rings. The second-order valence-electron chi connectivity index (χ2n) is 1.96. The number of halogens is 1. The minimum absolute atomic E-state index is 0.00732. The number of rotatable bonds is 1. The van der Waals surface area contributed by atoms with E-state index in [1.807, 2.05) is 6.07 Å². The molecular weight excluding hydrogens is 253 g/mol. The summed E-state index contributed by atoms with van der Waals surface area (Å²) < 4.78 is -0.00732. The van der Waals surface area contributed by atoms with E-state index in [4.69, 9.17) is 5.26 Å². The Morgan fingerprint density at radius 1 is 1.36 bits per heavy atom. The van der Waals surface area contributed by atoms with Crippen LogP contribution in [0, 0.1) is 11.3 Å². The zero-order valence-corrected chi connectivity index (χ0v) is 7.70. The fourth-order valence-electron chi connectivity index (χ4n) is 0.676. The molecule has 0 aliphatic heterocycles. The summed E-state index contributed by atoms with van der Waals surface area (Å²) in [4.78, 5) is 10.7. The van der Waals surface area contributed by atoms with Crippen LogP contribution in [-0.2, 0) is 0 Å². The first kappa shape index (κ1) is 8.21. The van der Waals surface area contributed by atoms with Crippen LogP contribution in [0.3, 0.4) is 0 Å². The Labute approximate surface area is 78.0 Å². The maximum atomic E-state index is 10.7. The number of nitrogens with zero attached hydrogens (tertiary/aromatic N) is 1. The molecule has 0 radical (unpaired) electrons. The molecule has 11 heavy (non-hydrogen) atoms. The zero-order valence-electron chi connectivity index (χ0n) is 5.54. The lowest BCUT2D eigenvalue weighted by atomic mass is 10.2. The van der Waals surface area contributed by atoms with Gasteiger partial charge in [-0.3, -0.25) is 4.79 Å². The summed E-state index contributed by atoms with van der Waals surface area (Å²) in [6.07, 6.45) is 0. The largest absolute Gasteiger partial charge is 0.282 e. The predicted octanol–water partition coefficient (Wildman–Crippen LogP) is 2.13. The molecule has 1 aromatic rings. The minimum atomic E-state index is -0.00732. The Bertz CT molecular complexity index is 310. The highest BCUT2D eigenvalue weighted by atomic mass is 127. The van der Waals surface area contributed by atoms with Gasteiger partial charge in [-0.15, -0.1) is 0 Å². The third kappa shape index (κ3) is 2.02. The van der Waals surface area contributed by atoms with E-state index in [0.29, 0.717) is 11.1 Å². The van der Waals surface area contributed by atoms with Crippen molar-refractivity contribution in [2.75, 3.05) is 0 Å². The highest BCUT2D eigenvalue weighted by Crippen LogP contribution is 2.07. The van der Waals surface area contributed by atoms with Crippen LogP contribution in [0.4, 0.5) is 0 Å². The van der Waals surface area contributed by atoms with Crippen LogP contribution in [-0.4, -0.2) is 3.79 Å². The van der Waals surface area contributed by atoms with Gasteiger partial charge in [0.25, 0.3) is 0 Å². The van der Waals surface area contributed by atoms with Crippen molar-refractivity contribution in [1.29, 1.82) is 5.26 Å². The topological polar surface area (TPSA) is 40.9 Å². The molecular formula is C8H4INO. The highest BCUT2D eigenvalue weighted by Gasteiger charge is 1.98. The van der Waals surface area contributed by atoms with E-state index in [0.717, 1.165) is 0 Å². The van der Waals surface area contributed by atoms with Crippen molar-refractivity contribution >= 4 is 26.4 Å². The fourth-order valence-corrected chi connectivity index (χ4v) is 1.04. The lowest BCUT2D eigenvalue weighted by molar-refractivity contribution is 0.110. The molecule has 0 saturated heterocycles. The molecule has 0 fully saturated rings. The van der Waals surface area contributed by atoms with Gasteiger partial charge in [-0.25, -0.2) is 0 Å². The maximum absolute atomic E-state index is 10.7. The van der Waals surface area contributed by atoms with Gasteiger partial charge in [-0.05, 0) is 24.3 Å². The highest BCUT2D eigenvalue weighted by molar-refractivity contribution is 14.1. The van der Waals surface area contributed by atoms with Crippen molar-refractivity contribution in [1.82, 2.24) is 0 Å². The number of hydrogen-bond donors (Lipinski definition) is 0. The van der Waals surface area contributed by atoms with Crippen LogP contribution < -0.4 is 0 Å². The average molecular weight is 257 g/mol. The zero-order chi connectivity index (χ0) is 8.27. The second kappa shape index (κ2) is 3.49. The van der Waals surface area contributed by atoms with E-state index in [1.54, 1.807) is 46.9 Å². The molecule has 0 unspecified atom stereocenters. The van der Waals surface area contributed by atoms with E-state index in [9.17, 15) is 4.79 Å². The van der Waals surface area contributed by atoms with Gasteiger partial charge in [0.15, 0.2) is 0 Å². The smallest absolute Gasteiger partial charge is 0.222 e. The van der Waals surface area contributed by atoms with Crippen LogP contribution in [0.5, 0.6) is 0 Å². The Balaban J connectivity index is 3.03. The quantitative estimate of drug-likeness (QED) is 0.571. The van der Waals surface area contributed by atoms with Crippen LogP contribution in [0.25, 0.3) is 0 Å². The van der Waals surface area contributed by atoms with Crippen molar-refractivity contribution in [3.8, 4) is 6.07 Å². The molecule has 0 saturated carbocycles. The Morgan fingerprint density at radius 3 is 2.27 bits per heavy atom. The molecule has 0 heterocycles. The number of benzene rings is 1. The van der Waals surface area contributed by atoms with Gasteiger partial charge >= 0.3 is 0 Å². The van der Waals surface area contributed by atoms with E-state index in [-0.39, 0.29) is 3.79 Å². The molecule has 0 aliphatic carbocycles. The SMILES string of the molecule is N#Cc1ccc(C(=O)I)cc1. The van der Waals surface area contributed by atoms with Gasteiger partial charge in [0.05, 0.1) is 11.6 Å². The molecule has 0 amide bonds. The summed E-state index contributed by atoms with van der Waals surface area (Å²) in [6, 6.07) is 8.53. The normalized spacial score (nSPS) is 8.73. The van der Waals surface area contributed by atoms with E-state index in [2.05, 4.69) is 0 Å². The predicted molar refractivity (Wildman–Crippen MR) is 49.5 cm³/mol. The van der Waals surface area contributed by atoms with Gasteiger partial charge in [0, 0.05) is 28.2 Å². The summed E-state index contributed by atoms with van der Waals surface area (Å²) in [5.41, 5.74) is 1.20. The summed E-state index contributed by atoms with van der Waals surface area (Å²) in [7, 11) is 0. The summed E-state index contributed by atoms with van der Waals surface area (Å²) in [5, 5.41) is 8.43. The minimum Gasteiger partial charge on any atom is -0.282 e. The lowest BCUT2D eigenvalue weighted by Gasteiger charge is -1.91. The summed E-state index contributed by atoms with van der Waals surface area (Å²) >= 11 is 1.71. The van der Waals surface area contributed by atoms with Crippen LogP contribution >= 0.6 is 22.6 Å². The first-order valence-electron chi connectivity index (χ1n) is 2.94. The van der Waals surface area contributed by atoms with E-state index < -0.39 is 0 Å². The van der Waals surface area contributed by atoms with Crippen molar-refractivity contribution in [2.24, 2.45) is 0 Å². The number of carbonyl (C=O) groups excluding carboxylic acids is 1. The van der Waals surface area contributed by atoms with Crippen LogP contribution in [0.2, 0.25) is 0 Å². The van der Waals surface area contributed by atoms with E-state index in [1.165, 1.54) is 0 Å². The molecule has 3 heteroatoms. The standard InChI is InChI=1S/C8H4INO/c9-8(11)7-3-1-6(5-10)2-4-7/h1-4H. The number of hydrogen-bond acceptors (Lipinski definition) is 2. The Morgan fingerprint density at radius 2 is 1.91 bits per heavy atom. The van der Waals surface area contributed by atoms with Gasteiger partial charge in [0.1, 0.15) is 0 Å². The van der Waals surface area contributed by atoms with Gasteiger partial charge in [-0.1, -0.05) is 0 Å². The summed E-state index contributed by atoms with van der Waals surface area (Å²) in [6.45, 7) is 0. The molecule has 1 aromatic carbocycles. The molecule has 54 valence electrons. The van der Waals surface area contributed by atoms with Gasteiger partial charge < -0.3 is 0 Å². The third-order valence-corrected chi connectivity index (χ3v) is 1.86. The van der Waals surface area contributed by atoms with Crippen molar-refractivity contribution in [3.63, 3.8) is 0 Å². The van der Waals surface area contributed by atoms with Crippen LogP contribution in [0.1, 0.15) is 15.9 Å². The van der Waals surface area contributed by atoms with Gasteiger partial charge in [-0.2, -0.15) is 5.26 Å². The van der Waals surface area contributed by atoms with E-state index >= 15 is 0 Å². The number of carbonyl (C=O) groups is 1. The average Bonchev–Trinajstić information content (AvgIpc) is 2.05. The molecule has 0 N–H and O–H groups in total. The molecule has 0 atom stereocenters. The van der Waals surface area contributed by atoms with Crippen LogP contribution in [0.15, 0.2) is 24.3 Å². The fraction of sp³-hybridized carbons (Fsp3) is 0. The third-order valence-electron chi connectivity index (χ3n) is 1.24. The molecule has 0 spiro atoms. The first-order chi connectivity index (χ1) is 5.24. The molecule has 2 nitrogen and oxygen atoms in total. The molecule has 0 bridgehead atoms. The molecule has 0 aromatic heterocycles. The van der Waals surface area contributed by atoms with Crippen molar-refractivity contribution < 1.29 is 4.79 Å². The number of nitriles is 1. The lowest BCUT2D eigenvalue weighted by Crippen LogP contribution is -1.86. The van der Waals surface area contributed by atoms with Crippen molar-refractivity contribution in [3.05, 3.63) is 35.4 Å². The monoisotopic (exact) mass is 257 g/mol. The first-order valence-corrected chi connectivity index (χ1v) is 4.02. The Kier molecular flexibility index (Phi) is 2.60.